The average Bonchev–Trinajstić information content (AvgIpc) is 2.72. The van der Waals surface area contributed by atoms with Crippen LogP contribution in [0.1, 0.15) is 40.0 Å². The van der Waals surface area contributed by atoms with Crippen molar-refractivity contribution in [2.45, 2.75) is 51.5 Å². The Kier molecular flexibility index (Phi) is 9.04. The monoisotopic (exact) mass is 434 g/mol. The van der Waals surface area contributed by atoms with E-state index in [9.17, 15) is 14.4 Å². The van der Waals surface area contributed by atoms with Crippen molar-refractivity contribution >= 4 is 29.2 Å². The standard InChI is InChI=1S/C21H30N4O4S/c1-4-7-13-25-19(22)18(20(27)23-21(25)28)24(12-5-2)17(26)14-30-16-10-8-15(9-11-16)29-6-3/h8-11H,4-7,12-14,22H2,1-3H3,(H,23,27,28). The first-order valence-corrected chi connectivity index (χ1v) is 11.2. The van der Waals surface area contributed by atoms with E-state index < -0.39 is 11.2 Å². The molecule has 0 fully saturated rings. The van der Waals surface area contributed by atoms with Crippen LogP contribution in [-0.4, -0.2) is 34.4 Å². The van der Waals surface area contributed by atoms with Gasteiger partial charge in [0, 0.05) is 18.0 Å². The maximum Gasteiger partial charge on any atom is 0.330 e. The lowest BCUT2D eigenvalue weighted by Crippen LogP contribution is -2.42. The van der Waals surface area contributed by atoms with Crippen LogP contribution in [0.3, 0.4) is 0 Å². The Balaban J connectivity index is 2.24. The van der Waals surface area contributed by atoms with Gasteiger partial charge in [0.15, 0.2) is 5.69 Å². The van der Waals surface area contributed by atoms with Crippen LogP contribution in [0.5, 0.6) is 5.75 Å². The Morgan fingerprint density at radius 3 is 2.47 bits per heavy atom. The highest BCUT2D eigenvalue weighted by Crippen LogP contribution is 2.24. The van der Waals surface area contributed by atoms with Crippen LogP contribution in [0, 0.1) is 0 Å². The molecule has 2 aromatic rings. The lowest BCUT2D eigenvalue weighted by molar-refractivity contribution is -0.116. The molecule has 8 nitrogen and oxygen atoms in total. The summed E-state index contributed by atoms with van der Waals surface area (Å²) in [4.78, 5) is 42.3. The highest BCUT2D eigenvalue weighted by atomic mass is 32.2. The molecule has 3 N–H and O–H groups in total. The van der Waals surface area contributed by atoms with Gasteiger partial charge in [-0.05, 0) is 44.0 Å². The molecule has 0 aliphatic carbocycles. The molecular formula is C21H30N4O4S. The van der Waals surface area contributed by atoms with Crippen LogP contribution in [0.4, 0.5) is 11.5 Å². The molecule has 9 heteroatoms. The fraction of sp³-hybridized carbons (Fsp3) is 0.476. The van der Waals surface area contributed by atoms with E-state index in [4.69, 9.17) is 10.5 Å². The third kappa shape index (κ3) is 5.91. The largest absolute Gasteiger partial charge is 0.494 e. The number of nitrogen functional groups attached to an aromatic ring is 1. The number of hydrogen-bond acceptors (Lipinski definition) is 6. The number of benzene rings is 1. The van der Waals surface area contributed by atoms with Gasteiger partial charge in [0.25, 0.3) is 5.56 Å². The number of carbonyl (C=O) groups is 1. The normalized spacial score (nSPS) is 10.8. The smallest absolute Gasteiger partial charge is 0.330 e. The van der Waals surface area contributed by atoms with Gasteiger partial charge in [-0.3, -0.25) is 19.1 Å². The van der Waals surface area contributed by atoms with Crippen molar-refractivity contribution in [2.24, 2.45) is 0 Å². The average molecular weight is 435 g/mol. The molecule has 0 saturated heterocycles. The van der Waals surface area contributed by atoms with E-state index in [0.29, 0.717) is 26.1 Å². The minimum Gasteiger partial charge on any atom is -0.494 e. The van der Waals surface area contributed by atoms with Crippen LogP contribution in [0.25, 0.3) is 0 Å². The van der Waals surface area contributed by atoms with Crippen molar-refractivity contribution in [1.82, 2.24) is 9.55 Å². The number of thioether (sulfide) groups is 1. The van der Waals surface area contributed by atoms with Crippen LogP contribution >= 0.6 is 11.8 Å². The lowest BCUT2D eigenvalue weighted by Gasteiger charge is -2.24. The first kappa shape index (κ1) is 23.6. The highest BCUT2D eigenvalue weighted by Gasteiger charge is 2.23. The van der Waals surface area contributed by atoms with Crippen molar-refractivity contribution in [2.75, 3.05) is 29.5 Å². The van der Waals surface area contributed by atoms with E-state index in [1.165, 1.54) is 21.2 Å². The van der Waals surface area contributed by atoms with Gasteiger partial charge < -0.3 is 15.4 Å². The molecule has 2 rings (SSSR count). The van der Waals surface area contributed by atoms with Crippen LogP contribution < -0.4 is 26.6 Å². The number of nitrogens with zero attached hydrogens (tertiary/aromatic N) is 2. The van der Waals surface area contributed by atoms with Gasteiger partial charge >= 0.3 is 5.69 Å². The number of amides is 1. The number of aromatic amines is 1. The van der Waals surface area contributed by atoms with E-state index in [1.807, 2.05) is 45.0 Å². The van der Waals surface area contributed by atoms with Crippen molar-refractivity contribution < 1.29 is 9.53 Å². The fourth-order valence-corrected chi connectivity index (χ4v) is 3.76. The molecule has 0 bridgehead atoms. The molecule has 164 valence electrons. The first-order chi connectivity index (χ1) is 14.4. The summed E-state index contributed by atoms with van der Waals surface area (Å²) in [5, 5.41) is 0. The van der Waals surface area contributed by atoms with Crippen molar-refractivity contribution in [3.05, 3.63) is 45.1 Å². The predicted molar refractivity (Wildman–Crippen MR) is 122 cm³/mol. The number of rotatable bonds is 11. The van der Waals surface area contributed by atoms with Gasteiger partial charge in [-0.2, -0.15) is 0 Å². The molecule has 1 aromatic heterocycles. The van der Waals surface area contributed by atoms with Crippen LogP contribution in [0.15, 0.2) is 38.8 Å². The molecule has 30 heavy (non-hydrogen) atoms. The van der Waals surface area contributed by atoms with E-state index in [-0.39, 0.29) is 23.2 Å². The highest BCUT2D eigenvalue weighted by molar-refractivity contribution is 8.00. The number of unbranched alkanes of at least 4 members (excludes halogenated alkanes) is 1. The van der Waals surface area contributed by atoms with E-state index in [1.54, 1.807) is 0 Å². The van der Waals surface area contributed by atoms with E-state index >= 15 is 0 Å². The zero-order valence-electron chi connectivity index (χ0n) is 17.8. The molecule has 0 saturated carbocycles. The third-order valence-electron chi connectivity index (χ3n) is 4.46. The Bertz CT molecular complexity index is 953. The van der Waals surface area contributed by atoms with E-state index in [0.717, 1.165) is 23.5 Å². The summed E-state index contributed by atoms with van der Waals surface area (Å²) in [5.74, 6) is 0.703. The molecule has 0 aliphatic heterocycles. The van der Waals surface area contributed by atoms with E-state index in [2.05, 4.69) is 4.98 Å². The molecule has 0 radical (unpaired) electrons. The number of anilines is 2. The number of ether oxygens (including phenoxy) is 1. The lowest BCUT2D eigenvalue weighted by atomic mass is 10.3. The van der Waals surface area contributed by atoms with Gasteiger partial charge in [0.1, 0.15) is 11.6 Å². The van der Waals surface area contributed by atoms with Crippen molar-refractivity contribution in [3.63, 3.8) is 0 Å². The van der Waals surface area contributed by atoms with Crippen molar-refractivity contribution in [3.8, 4) is 5.75 Å². The maximum atomic E-state index is 13.0. The molecule has 1 amide bonds. The summed E-state index contributed by atoms with van der Waals surface area (Å²) in [6.07, 6.45) is 2.26. The molecule has 0 spiro atoms. The fourth-order valence-electron chi connectivity index (χ4n) is 2.98. The zero-order valence-corrected chi connectivity index (χ0v) is 18.6. The summed E-state index contributed by atoms with van der Waals surface area (Å²) in [6, 6.07) is 7.48. The Hall–Kier alpha value is -2.68. The van der Waals surface area contributed by atoms with Gasteiger partial charge in [0.2, 0.25) is 5.91 Å². The number of nitrogens with two attached hydrogens (primary N) is 1. The topological polar surface area (TPSA) is 110 Å². The summed E-state index contributed by atoms with van der Waals surface area (Å²) < 4.78 is 6.75. The van der Waals surface area contributed by atoms with Crippen molar-refractivity contribution in [1.29, 1.82) is 0 Å². The Labute approximate surface area is 180 Å². The minimum absolute atomic E-state index is 0.0325. The number of nitrogens with one attached hydrogen (secondary N) is 1. The first-order valence-electron chi connectivity index (χ1n) is 10.2. The third-order valence-corrected chi connectivity index (χ3v) is 5.46. The summed E-state index contributed by atoms with van der Waals surface area (Å²) >= 11 is 1.37. The van der Waals surface area contributed by atoms with Crippen LogP contribution in [0.2, 0.25) is 0 Å². The summed E-state index contributed by atoms with van der Waals surface area (Å²) in [5.41, 5.74) is 5.03. The second-order valence-corrected chi connectivity index (χ2v) is 7.79. The SMILES string of the molecule is CCCCn1c(N)c(N(CCC)C(=O)CSc2ccc(OCC)cc2)c(=O)[nH]c1=O. The molecule has 0 atom stereocenters. The van der Waals surface area contributed by atoms with Gasteiger partial charge in [-0.15, -0.1) is 11.8 Å². The van der Waals surface area contributed by atoms with Gasteiger partial charge in [0.05, 0.1) is 12.4 Å². The number of carbonyl (C=O) groups excluding carboxylic acids is 1. The Morgan fingerprint density at radius 1 is 1.17 bits per heavy atom. The second kappa shape index (κ2) is 11.5. The number of hydrogen-bond donors (Lipinski definition) is 2. The summed E-state index contributed by atoms with van der Waals surface area (Å²) in [6.45, 7) is 7.15. The minimum atomic E-state index is -0.641. The number of aromatic nitrogens is 2. The Morgan fingerprint density at radius 2 is 1.87 bits per heavy atom. The molecule has 1 aromatic carbocycles. The molecule has 0 aliphatic rings. The number of H-pyrrole nitrogens is 1. The predicted octanol–water partition coefficient (Wildman–Crippen LogP) is 2.85. The zero-order chi connectivity index (χ0) is 22.1. The van der Waals surface area contributed by atoms with Crippen LogP contribution in [-0.2, 0) is 11.3 Å². The maximum absolute atomic E-state index is 13.0. The van der Waals surface area contributed by atoms with Gasteiger partial charge in [-0.25, -0.2) is 4.79 Å². The molecule has 0 unspecified atom stereocenters. The quantitative estimate of drug-likeness (QED) is 0.526. The second-order valence-electron chi connectivity index (χ2n) is 6.74. The molecule has 1 heterocycles. The summed E-state index contributed by atoms with van der Waals surface area (Å²) in [7, 11) is 0. The van der Waals surface area contributed by atoms with Gasteiger partial charge in [-0.1, -0.05) is 20.3 Å². The molecular weight excluding hydrogens is 404 g/mol.